The summed E-state index contributed by atoms with van der Waals surface area (Å²) in [5, 5.41) is 56.3. The van der Waals surface area contributed by atoms with Crippen molar-refractivity contribution in [2.45, 2.75) is 121 Å². The van der Waals surface area contributed by atoms with Crippen molar-refractivity contribution in [3.8, 4) is 0 Å². The number of benzene rings is 1. The molecule has 0 radical (unpaired) electrons. The van der Waals surface area contributed by atoms with Crippen LogP contribution in [0.1, 0.15) is 96.3 Å². The van der Waals surface area contributed by atoms with Gasteiger partial charge in [0.1, 0.15) is 11.7 Å². The van der Waals surface area contributed by atoms with Crippen molar-refractivity contribution in [1.29, 1.82) is 0 Å². The predicted molar refractivity (Wildman–Crippen MR) is 156 cm³/mol. The number of allylic oxidation sites excluding steroid dienone is 1. The molecule has 5 rings (SSSR count). The molecule has 10 atom stereocenters. The monoisotopic (exact) mass is 584 g/mol. The first-order chi connectivity index (χ1) is 19.4. The maximum Gasteiger partial charge on any atom is 0.338 e. The molecular formula is C34H48O8. The molecule has 0 amide bonds. The maximum atomic E-state index is 13.5. The molecule has 232 valence electrons. The van der Waals surface area contributed by atoms with E-state index in [2.05, 4.69) is 0 Å². The summed E-state index contributed by atoms with van der Waals surface area (Å²) in [5.41, 5.74) is -4.30. The molecular weight excluding hydrogens is 536 g/mol. The Morgan fingerprint density at radius 1 is 1.02 bits per heavy atom. The van der Waals surface area contributed by atoms with Gasteiger partial charge < -0.3 is 30.3 Å². The summed E-state index contributed by atoms with van der Waals surface area (Å²) in [6.07, 6.45) is 1.84. The average Bonchev–Trinajstić information content (AvgIpc) is 3.20. The number of carbonyl (C=O) groups is 2. The van der Waals surface area contributed by atoms with Crippen LogP contribution in [-0.4, -0.2) is 72.4 Å². The van der Waals surface area contributed by atoms with Gasteiger partial charge in [-0.1, -0.05) is 32.0 Å². The lowest BCUT2D eigenvalue weighted by molar-refractivity contribution is -0.177. The Morgan fingerprint density at radius 3 is 2.33 bits per heavy atom. The molecule has 8 nitrogen and oxygen atoms in total. The van der Waals surface area contributed by atoms with E-state index in [1.807, 2.05) is 13.8 Å². The minimum atomic E-state index is -1.54. The van der Waals surface area contributed by atoms with E-state index in [4.69, 9.17) is 4.74 Å². The van der Waals surface area contributed by atoms with Crippen LogP contribution >= 0.6 is 0 Å². The van der Waals surface area contributed by atoms with Crippen molar-refractivity contribution in [3.05, 3.63) is 47.5 Å². The van der Waals surface area contributed by atoms with Gasteiger partial charge in [0.2, 0.25) is 0 Å². The van der Waals surface area contributed by atoms with Gasteiger partial charge in [0.05, 0.1) is 29.0 Å². The number of ketones is 1. The van der Waals surface area contributed by atoms with Crippen molar-refractivity contribution in [2.75, 3.05) is 0 Å². The molecule has 42 heavy (non-hydrogen) atoms. The highest BCUT2D eigenvalue weighted by Crippen LogP contribution is 2.68. The van der Waals surface area contributed by atoms with Crippen LogP contribution in [0.5, 0.6) is 0 Å². The number of hydrogen-bond donors (Lipinski definition) is 5. The van der Waals surface area contributed by atoms with E-state index in [0.29, 0.717) is 43.2 Å². The van der Waals surface area contributed by atoms with Gasteiger partial charge in [0.15, 0.2) is 5.78 Å². The first kappa shape index (κ1) is 31.3. The molecule has 0 saturated heterocycles. The molecule has 5 N–H and O–H groups in total. The van der Waals surface area contributed by atoms with Crippen molar-refractivity contribution in [3.63, 3.8) is 0 Å². The van der Waals surface area contributed by atoms with Gasteiger partial charge in [-0.25, -0.2) is 4.79 Å². The minimum absolute atomic E-state index is 0.123. The lowest BCUT2D eigenvalue weighted by Crippen LogP contribution is -2.63. The Morgan fingerprint density at radius 2 is 1.69 bits per heavy atom. The minimum Gasteiger partial charge on any atom is -0.456 e. The third-order valence-corrected chi connectivity index (χ3v) is 11.8. The van der Waals surface area contributed by atoms with Crippen LogP contribution < -0.4 is 0 Å². The highest BCUT2D eigenvalue weighted by atomic mass is 16.6. The number of hydrogen-bond acceptors (Lipinski definition) is 8. The fourth-order valence-corrected chi connectivity index (χ4v) is 9.26. The second-order valence-corrected chi connectivity index (χ2v) is 14.9. The first-order valence-electron chi connectivity index (χ1n) is 15.5. The normalized spacial score (nSPS) is 40.2. The third kappa shape index (κ3) is 4.97. The highest BCUT2D eigenvalue weighted by molar-refractivity contribution is 5.95. The van der Waals surface area contributed by atoms with Crippen LogP contribution in [0.4, 0.5) is 0 Å². The van der Waals surface area contributed by atoms with E-state index in [9.17, 15) is 35.1 Å². The Kier molecular flexibility index (Phi) is 7.84. The summed E-state index contributed by atoms with van der Waals surface area (Å²) in [5.74, 6) is -1.70. The largest absolute Gasteiger partial charge is 0.456 e. The quantitative estimate of drug-likeness (QED) is 0.305. The maximum absolute atomic E-state index is 13.5. The summed E-state index contributed by atoms with van der Waals surface area (Å²) in [6.45, 7) is 9.00. The van der Waals surface area contributed by atoms with E-state index in [-0.39, 0.29) is 31.0 Å². The van der Waals surface area contributed by atoms with Crippen molar-refractivity contribution < 1.29 is 39.9 Å². The van der Waals surface area contributed by atoms with Gasteiger partial charge in [-0.05, 0) is 113 Å². The van der Waals surface area contributed by atoms with Gasteiger partial charge >= 0.3 is 5.97 Å². The molecule has 4 aliphatic carbocycles. The third-order valence-electron chi connectivity index (χ3n) is 11.8. The molecule has 0 unspecified atom stereocenters. The van der Waals surface area contributed by atoms with Crippen LogP contribution in [0, 0.1) is 28.6 Å². The van der Waals surface area contributed by atoms with Gasteiger partial charge in [-0.2, -0.15) is 0 Å². The smallest absolute Gasteiger partial charge is 0.338 e. The lowest BCUT2D eigenvalue weighted by Gasteiger charge is -2.60. The summed E-state index contributed by atoms with van der Waals surface area (Å²) < 4.78 is 6.00. The number of aliphatic hydroxyl groups excluding tert-OH is 2. The molecule has 0 spiro atoms. The Bertz CT molecular complexity index is 1230. The van der Waals surface area contributed by atoms with E-state index in [1.165, 1.54) is 0 Å². The van der Waals surface area contributed by atoms with Crippen LogP contribution in [0.2, 0.25) is 0 Å². The summed E-state index contributed by atoms with van der Waals surface area (Å²) >= 11 is 0. The summed E-state index contributed by atoms with van der Waals surface area (Å²) in [4.78, 5) is 26.7. The summed E-state index contributed by atoms with van der Waals surface area (Å²) in [7, 11) is 0. The number of carbonyl (C=O) groups excluding carboxylic acids is 2. The first-order valence-corrected chi connectivity index (χ1v) is 15.5. The SMILES string of the molecule is CC(C)(O)CC[C@H](OC(=O)c1ccccc1)[C@](C)(O)[C@@H]1CC[C@@]2(O)C3=CC(=O)[C@@H]4C[C@H](O)[C@H](O)C[C@]4(C)[C@H]3CC[C@]12C. The molecule has 0 bridgehead atoms. The molecule has 3 saturated carbocycles. The molecule has 1 aromatic rings. The van der Waals surface area contributed by atoms with E-state index in [0.717, 1.165) is 0 Å². The average molecular weight is 585 g/mol. The predicted octanol–water partition coefficient (Wildman–Crippen LogP) is 3.72. The van der Waals surface area contributed by atoms with Gasteiger partial charge in [-0.3, -0.25) is 4.79 Å². The second-order valence-electron chi connectivity index (χ2n) is 14.9. The number of esters is 1. The lowest BCUT2D eigenvalue weighted by atomic mass is 9.45. The zero-order chi connectivity index (χ0) is 30.9. The molecule has 0 aromatic heterocycles. The van der Waals surface area contributed by atoms with Gasteiger partial charge in [-0.15, -0.1) is 0 Å². The zero-order valence-corrected chi connectivity index (χ0v) is 25.5. The number of rotatable bonds is 7. The van der Waals surface area contributed by atoms with E-state index < -0.39 is 63.8 Å². The van der Waals surface area contributed by atoms with Crippen LogP contribution in [0.15, 0.2) is 42.0 Å². The van der Waals surface area contributed by atoms with Crippen LogP contribution in [-0.2, 0) is 9.53 Å². The number of ether oxygens (including phenoxy) is 1. The van der Waals surface area contributed by atoms with Crippen molar-refractivity contribution in [1.82, 2.24) is 0 Å². The molecule has 1 aromatic carbocycles. The van der Waals surface area contributed by atoms with E-state index in [1.54, 1.807) is 57.2 Å². The highest BCUT2D eigenvalue weighted by Gasteiger charge is 2.69. The molecule has 3 fully saturated rings. The summed E-state index contributed by atoms with van der Waals surface area (Å²) in [6, 6.07) is 8.60. The number of fused-ring (bicyclic) bond motifs is 5. The van der Waals surface area contributed by atoms with Crippen molar-refractivity contribution in [2.24, 2.45) is 28.6 Å². The Balaban J connectivity index is 1.48. The molecule has 0 heterocycles. The Labute approximate surface area is 248 Å². The van der Waals surface area contributed by atoms with Crippen molar-refractivity contribution >= 4 is 11.8 Å². The van der Waals surface area contributed by atoms with Gasteiger partial charge in [0.25, 0.3) is 0 Å². The molecule has 4 aliphatic rings. The number of aliphatic hydroxyl groups is 5. The molecule has 8 heteroatoms. The molecule has 0 aliphatic heterocycles. The standard InChI is InChI=1S/C34H48O8/c1-30(2,39)14-13-28(42-29(38)20-9-7-6-8-10-20)33(5,40)27-12-16-34(41)22-17-24(35)23-18-25(36)26(37)19-31(23,3)21(22)11-15-32(27,34)4/h6-10,17,21,23,25-28,36-37,39-41H,11-16,18-19H2,1-5H3/t21-,23-,25-,26+,27+,28-,31+,32+,33+,34+/m0/s1. The zero-order valence-electron chi connectivity index (χ0n) is 25.5. The Hall–Kier alpha value is -2.10. The van der Waals surface area contributed by atoms with Gasteiger partial charge in [0, 0.05) is 11.3 Å². The van der Waals surface area contributed by atoms with E-state index >= 15 is 0 Å². The van der Waals surface area contributed by atoms with Crippen LogP contribution in [0.3, 0.4) is 0 Å². The fourth-order valence-electron chi connectivity index (χ4n) is 9.26. The fraction of sp³-hybridized carbons (Fsp3) is 0.706. The van der Waals surface area contributed by atoms with Crippen LogP contribution in [0.25, 0.3) is 0 Å². The second kappa shape index (κ2) is 10.5. The topological polar surface area (TPSA) is 145 Å².